The van der Waals surface area contributed by atoms with Gasteiger partial charge in [-0.2, -0.15) is 4.98 Å². The summed E-state index contributed by atoms with van der Waals surface area (Å²) in [6.07, 6.45) is 3.93. The Morgan fingerprint density at radius 1 is 1.33 bits per heavy atom. The van der Waals surface area contributed by atoms with E-state index in [1.165, 1.54) is 16.6 Å². The Morgan fingerprint density at radius 3 is 2.77 bits per heavy atom. The number of piperidine rings is 1. The number of rotatable bonds is 4. The van der Waals surface area contributed by atoms with E-state index < -0.39 is 46.5 Å². The molecule has 1 aliphatic heterocycles. The normalized spacial score (nSPS) is 30.1. The molecule has 10 heteroatoms. The minimum atomic E-state index is -3.29. The lowest BCUT2D eigenvalue weighted by Gasteiger charge is -2.31. The standard InChI is InChI=1S/C20H29N5O4S/c1-13-11-14-12-21-19(22-15-6-9-24(10-7-15)30(3,28)29)23-17(14)25(18(13)26)16-5-4-8-20(16,2)27/h11-12,15-16,27H,4-10H2,1-3H3,(H,21,22,23)/i1D3,2D3. The first-order valence-electron chi connectivity index (χ1n) is 12.9. The SMILES string of the molecule is [2H]C([2H])([2H])c1cc2cnc(NC3CCN(S(C)(=O)=O)CC3)nc2n(C2CCCC2(O)C([2H])([2H])[2H])c1=O. The molecule has 0 spiro atoms. The molecule has 1 aliphatic carbocycles. The van der Waals surface area contributed by atoms with Gasteiger partial charge in [0.25, 0.3) is 5.56 Å². The molecular weight excluding hydrogens is 406 g/mol. The van der Waals surface area contributed by atoms with Gasteiger partial charge in [0.1, 0.15) is 5.65 Å². The monoisotopic (exact) mass is 441 g/mol. The Balaban J connectivity index is 1.78. The maximum atomic E-state index is 13.4. The van der Waals surface area contributed by atoms with E-state index in [9.17, 15) is 18.3 Å². The second kappa shape index (κ2) is 7.58. The molecule has 2 atom stereocenters. The van der Waals surface area contributed by atoms with Crippen molar-refractivity contribution in [3.63, 3.8) is 0 Å². The molecule has 2 aromatic heterocycles. The number of hydrogen-bond acceptors (Lipinski definition) is 7. The summed E-state index contributed by atoms with van der Waals surface area (Å²) in [5.74, 6) is 0.130. The maximum Gasteiger partial charge on any atom is 0.255 e. The van der Waals surface area contributed by atoms with Crippen LogP contribution in [-0.2, 0) is 10.0 Å². The minimum absolute atomic E-state index is 0.0219. The zero-order valence-corrected chi connectivity index (χ0v) is 17.4. The quantitative estimate of drug-likeness (QED) is 0.737. The maximum absolute atomic E-state index is 13.4. The van der Waals surface area contributed by atoms with Gasteiger partial charge < -0.3 is 10.4 Å². The predicted octanol–water partition coefficient (Wildman–Crippen LogP) is 1.41. The van der Waals surface area contributed by atoms with Gasteiger partial charge in [-0.25, -0.2) is 17.7 Å². The van der Waals surface area contributed by atoms with Crippen LogP contribution < -0.4 is 10.9 Å². The highest BCUT2D eigenvalue weighted by atomic mass is 32.2. The Labute approximate surface area is 184 Å². The van der Waals surface area contributed by atoms with Crippen LogP contribution in [0.3, 0.4) is 0 Å². The lowest BCUT2D eigenvalue weighted by molar-refractivity contribution is 0.0266. The number of aromatic nitrogens is 3. The lowest BCUT2D eigenvalue weighted by Crippen LogP contribution is -2.42. The average Bonchev–Trinajstić information content (AvgIpc) is 3.15. The molecule has 0 bridgehead atoms. The van der Waals surface area contributed by atoms with E-state index in [0.717, 1.165) is 10.8 Å². The summed E-state index contributed by atoms with van der Waals surface area (Å²) in [6.45, 7) is -4.93. The van der Waals surface area contributed by atoms with Crippen LogP contribution in [0.5, 0.6) is 0 Å². The van der Waals surface area contributed by atoms with Crippen molar-refractivity contribution in [1.82, 2.24) is 18.8 Å². The molecule has 2 N–H and O–H groups in total. The third-order valence-electron chi connectivity index (χ3n) is 5.93. The molecule has 4 rings (SSSR count). The van der Waals surface area contributed by atoms with E-state index in [-0.39, 0.29) is 35.9 Å². The van der Waals surface area contributed by atoms with Crippen LogP contribution in [0.1, 0.15) is 58.8 Å². The number of aryl methyl sites for hydroxylation is 1. The summed E-state index contributed by atoms with van der Waals surface area (Å²) in [5.41, 5.74) is -3.64. The summed E-state index contributed by atoms with van der Waals surface area (Å²) < 4.78 is 73.0. The van der Waals surface area contributed by atoms with Crippen LogP contribution in [0, 0.1) is 6.85 Å². The van der Waals surface area contributed by atoms with Crippen molar-refractivity contribution in [2.45, 2.75) is 63.5 Å². The third-order valence-corrected chi connectivity index (χ3v) is 7.23. The third kappa shape index (κ3) is 3.95. The van der Waals surface area contributed by atoms with Crippen molar-refractivity contribution in [2.75, 3.05) is 24.7 Å². The lowest BCUT2D eigenvalue weighted by atomic mass is 9.99. The van der Waals surface area contributed by atoms with Crippen molar-refractivity contribution >= 4 is 27.0 Å². The van der Waals surface area contributed by atoms with Gasteiger partial charge in [-0.05, 0) is 51.9 Å². The molecule has 30 heavy (non-hydrogen) atoms. The number of hydrogen-bond donors (Lipinski definition) is 2. The largest absolute Gasteiger partial charge is 0.388 e. The number of anilines is 1. The first-order chi connectivity index (χ1) is 16.5. The second-order valence-electron chi connectivity index (χ2n) is 8.12. The number of nitrogens with one attached hydrogen (secondary N) is 1. The van der Waals surface area contributed by atoms with Gasteiger partial charge >= 0.3 is 0 Å². The molecular formula is C20H29N5O4S. The Hall–Kier alpha value is -2.04. The van der Waals surface area contributed by atoms with Crippen LogP contribution in [0.2, 0.25) is 0 Å². The number of pyridine rings is 1. The zero-order chi connectivity index (χ0) is 26.7. The van der Waals surface area contributed by atoms with Crippen LogP contribution in [0.25, 0.3) is 11.0 Å². The van der Waals surface area contributed by atoms with Crippen LogP contribution in [-0.4, -0.2) is 63.4 Å². The summed E-state index contributed by atoms with van der Waals surface area (Å²) in [5, 5.41) is 14.5. The van der Waals surface area contributed by atoms with Gasteiger partial charge in [0, 0.05) is 44.5 Å². The molecule has 0 radical (unpaired) electrons. The Morgan fingerprint density at radius 2 is 2.10 bits per heavy atom. The fourth-order valence-corrected chi connectivity index (χ4v) is 5.18. The van der Waals surface area contributed by atoms with Crippen molar-refractivity contribution in [3.8, 4) is 0 Å². The molecule has 1 saturated heterocycles. The highest BCUT2D eigenvalue weighted by Gasteiger charge is 2.39. The molecule has 9 nitrogen and oxygen atoms in total. The fourth-order valence-electron chi connectivity index (χ4n) is 4.31. The summed E-state index contributed by atoms with van der Waals surface area (Å²) in [7, 11) is -3.29. The average molecular weight is 442 g/mol. The van der Waals surface area contributed by atoms with Crippen LogP contribution >= 0.6 is 0 Å². The summed E-state index contributed by atoms with van der Waals surface area (Å²) >= 11 is 0. The van der Waals surface area contributed by atoms with Crippen molar-refractivity contribution in [3.05, 3.63) is 28.2 Å². The first kappa shape index (κ1) is 14.9. The van der Waals surface area contributed by atoms with Crippen LogP contribution in [0.15, 0.2) is 17.1 Å². The number of sulfonamides is 1. The van der Waals surface area contributed by atoms with E-state index in [4.69, 9.17) is 8.22 Å². The molecule has 2 aliphatic rings. The second-order valence-corrected chi connectivity index (χ2v) is 10.1. The molecule has 0 aromatic carbocycles. The minimum Gasteiger partial charge on any atom is -0.388 e. The molecule has 164 valence electrons. The van der Waals surface area contributed by atoms with E-state index in [2.05, 4.69) is 15.3 Å². The molecule has 2 unspecified atom stereocenters. The van der Waals surface area contributed by atoms with E-state index in [1.807, 2.05) is 0 Å². The first-order valence-corrected chi connectivity index (χ1v) is 11.7. The molecule has 0 amide bonds. The van der Waals surface area contributed by atoms with Gasteiger partial charge in [-0.3, -0.25) is 9.36 Å². The van der Waals surface area contributed by atoms with E-state index in [1.54, 1.807) is 0 Å². The van der Waals surface area contributed by atoms with E-state index >= 15 is 0 Å². The predicted molar refractivity (Wildman–Crippen MR) is 115 cm³/mol. The smallest absolute Gasteiger partial charge is 0.255 e. The van der Waals surface area contributed by atoms with E-state index in [0.29, 0.717) is 32.4 Å². The van der Waals surface area contributed by atoms with Gasteiger partial charge in [-0.1, -0.05) is 0 Å². The number of nitrogens with zero attached hydrogens (tertiary/aromatic N) is 4. The highest BCUT2D eigenvalue weighted by Crippen LogP contribution is 2.39. The van der Waals surface area contributed by atoms with Crippen LogP contribution in [0.4, 0.5) is 5.95 Å². The van der Waals surface area contributed by atoms with Gasteiger partial charge in [0.2, 0.25) is 16.0 Å². The fraction of sp³-hybridized carbons (Fsp3) is 0.650. The number of fused-ring (bicyclic) bond motifs is 1. The van der Waals surface area contributed by atoms with Gasteiger partial charge in [0.15, 0.2) is 0 Å². The topological polar surface area (TPSA) is 117 Å². The highest BCUT2D eigenvalue weighted by molar-refractivity contribution is 7.88. The molecule has 2 aromatic rings. The Bertz CT molecular complexity index is 1320. The summed E-state index contributed by atoms with van der Waals surface area (Å²) in [6, 6.07) is -0.171. The zero-order valence-electron chi connectivity index (χ0n) is 22.6. The summed E-state index contributed by atoms with van der Waals surface area (Å²) in [4.78, 5) is 22.1. The Kier molecular flexibility index (Phi) is 3.76. The number of aliphatic hydroxyl groups is 1. The van der Waals surface area contributed by atoms with Gasteiger partial charge in [-0.15, -0.1) is 0 Å². The molecule has 1 saturated carbocycles. The van der Waals surface area contributed by atoms with Crippen molar-refractivity contribution in [1.29, 1.82) is 0 Å². The van der Waals surface area contributed by atoms with Crippen molar-refractivity contribution < 1.29 is 21.7 Å². The molecule has 3 heterocycles. The molecule has 2 fully saturated rings. The van der Waals surface area contributed by atoms with Gasteiger partial charge in [0.05, 0.1) is 17.9 Å². The van der Waals surface area contributed by atoms with Crippen molar-refractivity contribution in [2.24, 2.45) is 0 Å².